The lowest BCUT2D eigenvalue weighted by atomic mass is 9.89. The minimum atomic E-state index is -0.383. The van der Waals surface area contributed by atoms with E-state index in [0.717, 1.165) is 0 Å². The van der Waals surface area contributed by atoms with Gasteiger partial charge in [-0.05, 0) is 11.6 Å². The Kier molecular flexibility index (Phi) is 2.77. The number of hydrogen-bond donors (Lipinski definition) is 1. The van der Waals surface area contributed by atoms with Gasteiger partial charge in [0.25, 0.3) is 0 Å². The molecule has 1 saturated heterocycles. The average Bonchev–Trinajstić information content (AvgIpc) is 2.66. The fourth-order valence-corrected chi connectivity index (χ4v) is 2.03. The fraction of sp³-hybridized carbons (Fsp3) is 0.455. The van der Waals surface area contributed by atoms with Crippen LogP contribution in [-0.4, -0.2) is 19.8 Å². The van der Waals surface area contributed by atoms with Gasteiger partial charge in [-0.25, -0.2) is 4.39 Å². The number of benzene rings is 1. The number of nitrogens with one attached hydrogen (secondary N) is 1. The summed E-state index contributed by atoms with van der Waals surface area (Å²) in [6.45, 7) is 0.941. The van der Waals surface area contributed by atoms with Crippen LogP contribution >= 0.6 is 0 Å². The van der Waals surface area contributed by atoms with Crippen LogP contribution in [0.2, 0.25) is 0 Å². The molecule has 1 nitrogen and oxygen atoms in total. The van der Waals surface area contributed by atoms with E-state index in [1.165, 1.54) is 6.07 Å². The molecule has 1 aromatic rings. The standard InChI is InChI=1S/C11H13F2N/c12-5-8-6-14-7-10(8)9-3-1-2-4-11(9)13/h1-4,8,10,14H,5-7H2/t8-,10+/m1/s1. The summed E-state index contributed by atoms with van der Waals surface area (Å²) in [5, 5.41) is 3.09. The first-order valence-corrected chi connectivity index (χ1v) is 4.84. The van der Waals surface area contributed by atoms with Crippen LogP contribution in [0.15, 0.2) is 24.3 Å². The quantitative estimate of drug-likeness (QED) is 0.765. The Hall–Kier alpha value is -0.960. The summed E-state index contributed by atoms with van der Waals surface area (Å²) >= 11 is 0. The summed E-state index contributed by atoms with van der Waals surface area (Å²) in [5.74, 6) is -0.312. The molecule has 1 aromatic carbocycles. The molecule has 2 atom stereocenters. The molecule has 1 fully saturated rings. The van der Waals surface area contributed by atoms with Crippen LogP contribution in [0.25, 0.3) is 0 Å². The minimum Gasteiger partial charge on any atom is -0.316 e. The van der Waals surface area contributed by atoms with Crippen LogP contribution in [0.3, 0.4) is 0 Å². The summed E-state index contributed by atoms with van der Waals surface area (Å²) < 4.78 is 26.0. The van der Waals surface area contributed by atoms with Crippen LogP contribution in [0, 0.1) is 11.7 Å². The molecule has 0 unspecified atom stereocenters. The van der Waals surface area contributed by atoms with Crippen molar-refractivity contribution in [3.63, 3.8) is 0 Å². The van der Waals surface area contributed by atoms with Crippen LogP contribution in [0.5, 0.6) is 0 Å². The maximum absolute atomic E-state index is 13.4. The van der Waals surface area contributed by atoms with E-state index in [9.17, 15) is 8.78 Å². The Morgan fingerprint density at radius 1 is 1.29 bits per heavy atom. The Balaban J connectivity index is 2.26. The van der Waals surface area contributed by atoms with Gasteiger partial charge in [0.05, 0.1) is 6.67 Å². The molecule has 0 saturated carbocycles. The van der Waals surface area contributed by atoms with Gasteiger partial charge in [-0.3, -0.25) is 4.39 Å². The average molecular weight is 197 g/mol. The van der Waals surface area contributed by atoms with E-state index in [1.54, 1.807) is 18.2 Å². The monoisotopic (exact) mass is 197 g/mol. The zero-order chi connectivity index (χ0) is 9.97. The summed E-state index contributed by atoms with van der Waals surface area (Å²) in [4.78, 5) is 0. The third kappa shape index (κ3) is 1.64. The highest BCUT2D eigenvalue weighted by atomic mass is 19.1. The van der Waals surface area contributed by atoms with E-state index in [0.29, 0.717) is 18.7 Å². The number of alkyl halides is 1. The summed E-state index contributed by atoms with van der Waals surface area (Å²) in [7, 11) is 0. The molecule has 1 N–H and O–H groups in total. The molecule has 14 heavy (non-hydrogen) atoms. The lowest BCUT2D eigenvalue weighted by Gasteiger charge is -2.16. The van der Waals surface area contributed by atoms with Crippen molar-refractivity contribution in [1.82, 2.24) is 5.32 Å². The molecule has 0 aromatic heterocycles. The second-order valence-corrected chi connectivity index (χ2v) is 3.70. The molecule has 2 rings (SSSR count). The number of halogens is 2. The first-order valence-electron chi connectivity index (χ1n) is 4.84. The van der Waals surface area contributed by atoms with Crippen molar-refractivity contribution in [3.05, 3.63) is 35.6 Å². The van der Waals surface area contributed by atoms with Crippen molar-refractivity contribution in [3.8, 4) is 0 Å². The second-order valence-electron chi connectivity index (χ2n) is 3.70. The van der Waals surface area contributed by atoms with Gasteiger partial charge in [-0.15, -0.1) is 0 Å². The van der Waals surface area contributed by atoms with Gasteiger partial charge in [0.2, 0.25) is 0 Å². The largest absolute Gasteiger partial charge is 0.316 e. The summed E-state index contributed by atoms with van der Waals surface area (Å²) in [6, 6.07) is 6.64. The molecule has 0 bridgehead atoms. The summed E-state index contributed by atoms with van der Waals surface area (Å²) in [6.07, 6.45) is 0. The van der Waals surface area contributed by atoms with Gasteiger partial charge in [0.15, 0.2) is 0 Å². The predicted molar refractivity (Wildman–Crippen MR) is 51.5 cm³/mol. The molecular formula is C11H13F2N. The van der Waals surface area contributed by atoms with Gasteiger partial charge in [-0.1, -0.05) is 18.2 Å². The van der Waals surface area contributed by atoms with E-state index >= 15 is 0 Å². The van der Waals surface area contributed by atoms with Gasteiger partial charge in [0, 0.05) is 24.9 Å². The van der Waals surface area contributed by atoms with Gasteiger partial charge in [-0.2, -0.15) is 0 Å². The fourth-order valence-electron chi connectivity index (χ4n) is 2.03. The van der Waals surface area contributed by atoms with Crippen LogP contribution in [-0.2, 0) is 0 Å². The smallest absolute Gasteiger partial charge is 0.126 e. The van der Waals surface area contributed by atoms with E-state index in [2.05, 4.69) is 5.32 Å². The molecule has 1 aliphatic heterocycles. The third-order valence-electron chi connectivity index (χ3n) is 2.84. The molecule has 0 aliphatic carbocycles. The van der Waals surface area contributed by atoms with Crippen molar-refractivity contribution in [2.45, 2.75) is 5.92 Å². The third-order valence-corrected chi connectivity index (χ3v) is 2.84. The highest BCUT2D eigenvalue weighted by Crippen LogP contribution is 2.29. The van der Waals surface area contributed by atoms with E-state index in [4.69, 9.17) is 0 Å². The Bertz CT molecular complexity index is 314. The topological polar surface area (TPSA) is 12.0 Å². The number of hydrogen-bond acceptors (Lipinski definition) is 1. The zero-order valence-corrected chi connectivity index (χ0v) is 7.84. The van der Waals surface area contributed by atoms with E-state index in [-0.39, 0.29) is 24.3 Å². The van der Waals surface area contributed by atoms with Crippen molar-refractivity contribution in [1.29, 1.82) is 0 Å². The number of rotatable bonds is 2. The lowest BCUT2D eigenvalue weighted by molar-refractivity contribution is 0.354. The molecule has 76 valence electrons. The predicted octanol–water partition coefficient (Wildman–Crippen LogP) is 2.10. The molecular weight excluding hydrogens is 184 g/mol. The lowest BCUT2D eigenvalue weighted by Crippen LogP contribution is -2.13. The normalized spacial score (nSPS) is 26.7. The highest BCUT2D eigenvalue weighted by molar-refractivity contribution is 5.24. The minimum absolute atomic E-state index is 0.0128. The van der Waals surface area contributed by atoms with Crippen LogP contribution in [0.4, 0.5) is 8.78 Å². The Morgan fingerprint density at radius 2 is 2.07 bits per heavy atom. The first kappa shape index (κ1) is 9.59. The van der Waals surface area contributed by atoms with Crippen LogP contribution < -0.4 is 5.32 Å². The second kappa shape index (κ2) is 4.05. The van der Waals surface area contributed by atoms with Crippen molar-refractivity contribution >= 4 is 0 Å². The Morgan fingerprint density at radius 3 is 2.79 bits per heavy atom. The van der Waals surface area contributed by atoms with Gasteiger partial charge >= 0.3 is 0 Å². The van der Waals surface area contributed by atoms with Crippen molar-refractivity contribution < 1.29 is 8.78 Å². The van der Waals surface area contributed by atoms with Gasteiger partial charge in [0.1, 0.15) is 5.82 Å². The first-order chi connectivity index (χ1) is 6.83. The highest BCUT2D eigenvalue weighted by Gasteiger charge is 2.29. The SMILES string of the molecule is FC[C@@H]1CNC[C@@H]1c1ccccc1F. The van der Waals surface area contributed by atoms with E-state index in [1.807, 2.05) is 0 Å². The molecule has 0 radical (unpaired) electrons. The maximum atomic E-state index is 13.4. The van der Waals surface area contributed by atoms with Crippen molar-refractivity contribution in [2.24, 2.45) is 5.92 Å². The molecule has 3 heteroatoms. The zero-order valence-electron chi connectivity index (χ0n) is 7.84. The van der Waals surface area contributed by atoms with Gasteiger partial charge < -0.3 is 5.32 Å². The Labute approximate surface area is 82.1 Å². The molecule has 1 heterocycles. The van der Waals surface area contributed by atoms with Crippen molar-refractivity contribution in [2.75, 3.05) is 19.8 Å². The molecule has 0 spiro atoms. The summed E-state index contributed by atoms with van der Waals surface area (Å²) in [5.41, 5.74) is 0.639. The molecule has 1 aliphatic rings. The maximum Gasteiger partial charge on any atom is 0.126 e. The van der Waals surface area contributed by atoms with E-state index < -0.39 is 0 Å². The molecule has 0 amide bonds. The van der Waals surface area contributed by atoms with Crippen LogP contribution in [0.1, 0.15) is 11.5 Å².